The Morgan fingerprint density at radius 2 is 0.588 bits per heavy atom. The third-order valence-corrected chi connectivity index (χ3v) is 14.0. The number of carbonyl (C=O) groups excluding carboxylic acids is 3. The van der Waals surface area contributed by atoms with Crippen molar-refractivity contribution in [2.45, 2.75) is 315 Å². The second-order valence-corrected chi connectivity index (χ2v) is 21.3. The standard InChI is InChI=1S/C56H109O11P/c1-4-7-10-13-16-19-22-24-26-28-31-33-36-39-42-45-54(58)63-49-53(67-56(60)47-44-41-38-35-32-29-27-25-23-20-17-14-11-8-5-2)51-65-68(61,62)64-50-52(48-57)66-55(59)46-43-40-37-34-30-21-18-15-12-9-6-3/h52-53,57H,4-51H2,1-3H3,(H,61,62). The van der Waals surface area contributed by atoms with Gasteiger partial charge in [-0.3, -0.25) is 23.4 Å². The predicted molar refractivity (Wildman–Crippen MR) is 280 cm³/mol. The number of carbonyl (C=O) groups is 3. The monoisotopic (exact) mass is 989 g/mol. The summed E-state index contributed by atoms with van der Waals surface area (Å²) >= 11 is 0. The molecule has 0 aromatic heterocycles. The van der Waals surface area contributed by atoms with Crippen LogP contribution in [-0.2, 0) is 42.2 Å². The van der Waals surface area contributed by atoms with Crippen LogP contribution in [0.15, 0.2) is 0 Å². The molecule has 0 radical (unpaired) electrons. The number of hydrogen-bond donors (Lipinski definition) is 2. The zero-order valence-electron chi connectivity index (χ0n) is 44.6. The zero-order valence-corrected chi connectivity index (χ0v) is 45.5. The summed E-state index contributed by atoms with van der Waals surface area (Å²) in [6, 6.07) is 0. The summed E-state index contributed by atoms with van der Waals surface area (Å²) in [6.45, 7) is 4.70. The molecule has 12 heteroatoms. The molecule has 0 aliphatic heterocycles. The van der Waals surface area contributed by atoms with Gasteiger partial charge in [0.05, 0.1) is 19.8 Å². The summed E-state index contributed by atoms with van der Waals surface area (Å²) in [5.74, 6) is -1.43. The lowest BCUT2D eigenvalue weighted by molar-refractivity contribution is -0.161. The summed E-state index contributed by atoms with van der Waals surface area (Å²) in [5.41, 5.74) is 0. The van der Waals surface area contributed by atoms with Gasteiger partial charge in [-0.15, -0.1) is 0 Å². The van der Waals surface area contributed by atoms with Crippen molar-refractivity contribution in [3.8, 4) is 0 Å². The number of aliphatic hydroxyl groups is 1. The number of rotatable bonds is 55. The Balaban J connectivity index is 4.67. The van der Waals surface area contributed by atoms with Crippen LogP contribution in [0.3, 0.4) is 0 Å². The highest BCUT2D eigenvalue weighted by atomic mass is 31.2. The molecule has 0 saturated carbocycles. The average molecular weight is 989 g/mol. The largest absolute Gasteiger partial charge is 0.472 e. The molecule has 3 atom stereocenters. The first-order valence-electron chi connectivity index (χ1n) is 28.9. The van der Waals surface area contributed by atoms with Crippen molar-refractivity contribution in [3.63, 3.8) is 0 Å². The minimum atomic E-state index is -4.73. The maximum Gasteiger partial charge on any atom is 0.472 e. The van der Waals surface area contributed by atoms with Crippen LogP contribution in [0.1, 0.15) is 303 Å². The Hall–Kier alpha value is -1.52. The fourth-order valence-corrected chi connectivity index (χ4v) is 9.38. The highest BCUT2D eigenvalue weighted by Crippen LogP contribution is 2.43. The molecule has 404 valence electrons. The van der Waals surface area contributed by atoms with Gasteiger partial charge in [-0.1, -0.05) is 265 Å². The molecule has 68 heavy (non-hydrogen) atoms. The predicted octanol–water partition coefficient (Wildman–Crippen LogP) is 16.7. The molecule has 0 bridgehead atoms. The van der Waals surface area contributed by atoms with Crippen LogP contribution in [-0.4, -0.2) is 66.5 Å². The number of esters is 3. The van der Waals surface area contributed by atoms with Gasteiger partial charge in [0.15, 0.2) is 6.10 Å². The normalized spacial score (nSPS) is 13.3. The second kappa shape index (κ2) is 51.8. The van der Waals surface area contributed by atoms with Crippen molar-refractivity contribution in [2.75, 3.05) is 26.4 Å². The number of ether oxygens (including phenoxy) is 3. The lowest BCUT2D eigenvalue weighted by atomic mass is 10.0. The number of unbranched alkanes of at least 4 members (excludes halogenated alkanes) is 38. The first-order valence-corrected chi connectivity index (χ1v) is 30.4. The Labute approximate surface area is 418 Å². The molecule has 0 aliphatic rings. The SMILES string of the molecule is CCCCCCCCCCCCCCCCCC(=O)OCC(COP(=O)(O)OCC(CO)OC(=O)CCCCCCCCCCCCC)OC(=O)CCCCCCCCCCCCCCCCC. The van der Waals surface area contributed by atoms with E-state index in [9.17, 15) is 28.9 Å². The van der Waals surface area contributed by atoms with Crippen molar-refractivity contribution in [2.24, 2.45) is 0 Å². The van der Waals surface area contributed by atoms with Crippen LogP contribution in [0.5, 0.6) is 0 Å². The van der Waals surface area contributed by atoms with E-state index in [-0.39, 0.29) is 25.9 Å². The van der Waals surface area contributed by atoms with E-state index >= 15 is 0 Å². The summed E-state index contributed by atoms with van der Waals surface area (Å²) < 4.78 is 39.5. The van der Waals surface area contributed by atoms with Gasteiger partial charge in [-0.05, 0) is 19.3 Å². The summed E-state index contributed by atoms with van der Waals surface area (Å²) in [7, 11) is -4.73. The van der Waals surface area contributed by atoms with E-state index < -0.39 is 57.8 Å². The lowest BCUT2D eigenvalue weighted by Gasteiger charge is -2.21. The molecule has 0 heterocycles. The van der Waals surface area contributed by atoms with Crippen molar-refractivity contribution < 1.29 is 52.2 Å². The van der Waals surface area contributed by atoms with Crippen LogP contribution in [0.25, 0.3) is 0 Å². The van der Waals surface area contributed by atoms with Crippen molar-refractivity contribution in [1.82, 2.24) is 0 Å². The maximum atomic E-state index is 12.9. The molecule has 11 nitrogen and oxygen atoms in total. The number of aliphatic hydroxyl groups excluding tert-OH is 1. The highest BCUT2D eigenvalue weighted by Gasteiger charge is 2.28. The van der Waals surface area contributed by atoms with Crippen LogP contribution in [0.2, 0.25) is 0 Å². The number of phosphoric ester groups is 1. The second-order valence-electron chi connectivity index (χ2n) is 19.8. The summed E-state index contributed by atoms with van der Waals surface area (Å²) in [6.07, 6.45) is 47.7. The molecule has 0 aromatic rings. The first-order chi connectivity index (χ1) is 33.2. The Kier molecular flexibility index (Phi) is 50.7. The molecule has 0 saturated heterocycles. The van der Waals surface area contributed by atoms with Crippen molar-refractivity contribution >= 4 is 25.7 Å². The van der Waals surface area contributed by atoms with Crippen molar-refractivity contribution in [1.29, 1.82) is 0 Å². The van der Waals surface area contributed by atoms with Gasteiger partial charge in [0.2, 0.25) is 0 Å². The smallest absolute Gasteiger partial charge is 0.462 e. The molecule has 3 unspecified atom stereocenters. The van der Waals surface area contributed by atoms with E-state index in [4.69, 9.17) is 23.3 Å². The fraction of sp³-hybridized carbons (Fsp3) is 0.946. The molecule has 0 aliphatic carbocycles. The van der Waals surface area contributed by atoms with Gasteiger partial charge >= 0.3 is 25.7 Å². The molecule has 0 rings (SSSR count). The third kappa shape index (κ3) is 49.5. The lowest BCUT2D eigenvalue weighted by Crippen LogP contribution is -2.30. The van der Waals surface area contributed by atoms with E-state index in [1.165, 1.54) is 186 Å². The highest BCUT2D eigenvalue weighted by molar-refractivity contribution is 7.47. The molecular formula is C56H109O11P. The number of hydrogen-bond acceptors (Lipinski definition) is 10. The maximum absolute atomic E-state index is 12.9. The van der Waals surface area contributed by atoms with Crippen LogP contribution in [0, 0.1) is 0 Å². The number of phosphoric acid groups is 1. The van der Waals surface area contributed by atoms with Gasteiger partial charge in [-0.2, -0.15) is 0 Å². The van der Waals surface area contributed by atoms with Crippen LogP contribution in [0.4, 0.5) is 0 Å². The van der Waals surface area contributed by atoms with Crippen molar-refractivity contribution in [3.05, 3.63) is 0 Å². The molecule has 0 aromatic carbocycles. The van der Waals surface area contributed by atoms with Crippen LogP contribution < -0.4 is 0 Å². The summed E-state index contributed by atoms with van der Waals surface area (Å²) in [5, 5.41) is 9.78. The molecular weight excluding hydrogens is 880 g/mol. The van der Waals surface area contributed by atoms with E-state index in [1.807, 2.05) is 0 Å². The van der Waals surface area contributed by atoms with E-state index in [0.29, 0.717) is 19.3 Å². The molecule has 0 fully saturated rings. The zero-order chi connectivity index (χ0) is 49.9. The quantitative estimate of drug-likeness (QED) is 0.0259. The van der Waals surface area contributed by atoms with E-state index in [0.717, 1.165) is 57.8 Å². The molecule has 2 N–H and O–H groups in total. The topological polar surface area (TPSA) is 155 Å². The van der Waals surface area contributed by atoms with Gasteiger partial charge in [0, 0.05) is 19.3 Å². The van der Waals surface area contributed by atoms with Gasteiger partial charge in [0.1, 0.15) is 12.7 Å². The van der Waals surface area contributed by atoms with Gasteiger partial charge < -0.3 is 24.2 Å². The Bertz CT molecular complexity index is 1150. The first kappa shape index (κ1) is 66.5. The summed E-state index contributed by atoms with van der Waals surface area (Å²) in [4.78, 5) is 48.4. The van der Waals surface area contributed by atoms with E-state index in [1.54, 1.807) is 0 Å². The molecule has 0 amide bonds. The van der Waals surface area contributed by atoms with Gasteiger partial charge in [-0.25, -0.2) is 4.57 Å². The molecule has 0 spiro atoms. The van der Waals surface area contributed by atoms with Gasteiger partial charge in [0.25, 0.3) is 0 Å². The minimum absolute atomic E-state index is 0.178. The Morgan fingerprint density at radius 3 is 0.868 bits per heavy atom. The average Bonchev–Trinajstić information content (AvgIpc) is 3.32. The van der Waals surface area contributed by atoms with Crippen LogP contribution >= 0.6 is 7.82 Å². The van der Waals surface area contributed by atoms with E-state index in [2.05, 4.69) is 20.8 Å². The third-order valence-electron chi connectivity index (χ3n) is 13.0. The fourth-order valence-electron chi connectivity index (χ4n) is 8.59. The Morgan fingerprint density at radius 1 is 0.353 bits per heavy atom. The minimum Gasteiger partial charge on any atom is -0.462 e.